The molecule has 2 aromatic heterocycles. The molecule has 0 radical (unpaired) electrons. The molecule has 2 saturated heterocycles. The molecule has 1 amide bonds. The lowest BCUT2D eigenvalue weighted by molar-refractivity contribution is 0.0463. The van der Waals surface area contributed by atoms with Crippen LogP contribution >= 0.6 is 0 Å². The van der Waals surface area contributed by atoms with Crippen molar-refractivity contribution in [2.75, 3.05) is 7.05 Å². The van der Waals surface area contributed by atoms with Gasteiger partial charge in [-0.05, 0) is 51.8 Å². The fraction of sp³-hybridized carbons (Fsp3) is 0.588. The van der Waals surface area contributed by atoms with Crippen molar-refractivity contribution in [3.05, 3.63) is 29.6 Å². The largest absolute Gasteiger partial charge is 0.349 e. The summed E-state index contributed by atoms with van der Waals surface area (Å²) in [5.74, 6) is -0.0156. The molecule has 0 aliphatic carbocycles. The zero-order chi connectivity index (χ0) is 16.0. The van der Waals surface area contributed by atoms with Crippen LogP contribution in [0.25, 0.3) is 5.52 Å². The zero-order valence-corrected chi connectivity index (χ0v) is 13.7. The van der Waals surface area contributed by atoms with Crippen LogP contribution in [0.3, 0.4) is 0 Å². The molecule has 6 heteroatoms. The van der Waals surface area contributed by atoms with Crippen molar-refractivity contribution in [2.45, 2.75) is 57.2 Å². The van der Waals surface area contributed by atoms with E-state index in [2.05, 4.69) is 27.5 Å². The lowest BCUT2D eigenvalue weighted by Gasteiger charge is -2.47. The number of carbonyl (C=O) groups is 1. The van der Waals surface area contributed by atoms with Gasteiger partial charge in [0.2, 0.25) is 0 Å². The molecule has 0 saturated carbocycles. The van der Waals surface area contributed by atoms with E-state index in [9.17, 15) is 4.79 Å². The Balaban J connectivity index is 1.55. The summed E-state index contributed by atoms with van der Waals surface area (Å²) in [6.45, 7) is 1.87. The second kappa shape index (κ2) is 5.60. The molecule has 0 aromatic carbocycles. The molecule has 2 aliphatic rings. The molecule has 0 spiro atoms. The van der Waals surface area contributed by atoms with Crippen LogP contribution in [0, 0.1) is 6.92 Å². The number of hydrogen-bond acceptors (Lipinski definition) is 4. The predicted molar refractivity (Wildman–Crippen MR) is 87.4 cm³/mol. The molecule has 6 nitrogen and oxygen atoms in total. The van der Waals surface area contributed by atoms with Crippen molar-refractivity contribution >= 4 is 11.4 Å². The molecule has 2 aliphatic heterocycles. The molecule has 2 bridgehead atoms. The Kier molecular flexibility index (Phi) is 3.56. The van der Waals surface area contributed by atoms with E-state index in [1.165, 1.54) is 23.9 Å². The molecule has 2 atom stereocenters. The fourth-order valence-corrected chi connectivity index (χ4v) is 4.28. The summed E-state index contributed by atoms with van der Waals surface area (Å²) in [6.07, 6.45) is 7.60. The fourth-order valence-electron chi connectivity index (χ4n) is 4.28. The van der Waals surface area contributed by atoms with E-state index in [-0.39, 0.29) is 11.9 Å². The van der Waals surface area contributed by atoms with Crippen molar-refractivity contribution < 1.29 is 4.79 Å². The van der Waals surface area contributed by atoms with Crippen molar-refractivity contribution in [3.63, 3.8) is 0 Å². The van der Waals surface area contributed by atoms with Crippen LogP contribution in [-0.2, 0) is 0 Å². The first kappa shape index (κ1) is 14.6. The van der Waals surface area contributed by atoms with E-state index in [1.807, 2.05) is 19.1 Å². The summed E-state index contributed by atoms with van der Waals surface area (Å²) in [5, 5.41) is 11.8. The van der Waals surface area contributed by atoms with Gasteiger partial charge in [0.05, 0.1) is 11.3 Å². The molecule has 4 rings (SSSR count). The van der Waals surface area contributed by atoms with Gasteiger partial charge in [-0.3, -0.25) is 4.79 Å². The Morgan fingerprint density at radius 1 is 1.30 bits per heavy atom. The van der Waals surface area contributed by atoms with Gasteiger partial charge >= 0.3 is 0 Å². The number of piperidine rings is 2. The lowest BCUT2D eigenvalue weighted by atomic mass is 9.82. The third-order valence-corrected chi connectivity index (χ3v) is 5.50. The van der Waals surface area contributed by atoms with E-state index in [4.69, 9.17) is 0 Å². The van der Waals surface area contributed by atoms with Crippen LogP contribution in [0.1, 0.15) is 48.2 Å². The van der Waals surface area contributed by atoms with Crippen molar-refractivity contribution in [2.24, 2.45) is 0 Å². The number of nitrogens with zero attached hydrogens (tertiary/aromatic N) is 4. The van der Waals surface area contributed by atoms with Crippen LogP contribution in [0.2, 0.25) is 0 Å². The monoisotopic (exact) mass is 313 g/mol. The number of carbonyl (C=O) groups excluding carboxylic acids is 1. The van der Waals surface area contributed by atoms with Gasteiger partial charge in [-0.25, -0.2) is 0 Å². The van der Waals surface area contributed by atoms with Gasteiger partial charge in [0.25, 0.3) is 5.91 Å². The van der Waals surface area contributed by atoms with E-state index in [1.54, 1.807) is 6.20 Å². The topological polar surface area (TPSA) is 62.5 Å². The standard InChI is InChI=1S/C17H23N5O/c1-11-16(15-7-4-8-18-22(15)20-11)17(23)19-12-9-13-5-3-6-14(10-12)21(13)2/h4,7-8,12-14H,3,5-6,9-10H2,1-2H3,(H,19,23). The van der Waals surface area contributed by atoms with E-state index in [0.29, 0.717) is 17.6 Å². The summed E-state index contributed by atoms with van der Waals surface area (Å²) in [7, 11) is 2.23. The quantitative estimate of drug-likeness (QED) is 0.918. The number of nitrogens with one attached hydrogen (secondary N) is 1. The maximum atomic E-state index is 12.8. The molecule has 1 N–H and O–H groups in total. The smallest absolute Gasteiger partial charge is 0.255 e. The van der Waals surface area contributed by atoms with Crippen LogP contribution in [0.15, 0.2) is 18.3 Å². The van der Waals surface area contributed by atoms with Gasteiger partial charge in [-0.15, -0.1) is 0 Å². The average molecular weight is 313 g/mol. The molecule has 4 heterocycles. The highest BCUT2D eigenvalue weighted by Crippen LogP contribution is 2.32. The minimum atomic E-state index is -0.0156. The molecule has 2 aromatic rings. The highest BCUT2D eigenvalue weighted by molar-refractivity contribution is 6.02. The maximum absolute atomic E-state index is 12.8. The number of aromatic nitrogens is 3. The summed E-state index contributed by atoms with van der Waals surface area (Å²) < 4.78 is 1.54. The molecular weight excluding hydrogens is 290 g/mol. The first-order chi connectivity index (χ1) is 11.1. The Morgan fingerprint density at radius 2 is 2.04 bits per heavy atom. The number of aryl methyl sites for hydroxylation is 1. The second-order valence-corrected chi connectivity index (χ2v) is 6.90. The molecular formula is C17H23N5O. The van der Waals surface area contributed by atoms with Crippen LogP contribution in [0.4, 0.5) is 0 Å². The van der Waals surface area contributed by atoms with Crippen LogP contribution < -0.4 is 5.32 Å². The normalized spacial score (nSPS) is 28.0. The van der Waals surface area contributed by atoms with E-state index >= 15 is 0 Å². The van der Waals surface area contributed by atoms with Gasteiger partial charge in [0.15, 0.2) is 0 Å². The summed E-state index contributed by atoms with van der Waals surface area (Å²) >= 11 is 0. The number of fused-ring (bicyclic) bond motifs is 3. The van der Waals surface area contributed by atoms with Crippen molar-refractivity contribution in [1.82, 2.24) is 25.0 Å². The minimum absolute atomic E-state index is 0.0156. The highest BCUT2D eigenvalue weighted by atomic mass is 16.1. The summed E-state index contributed by atoms with van der Waals surface area (Å²) in [6, 6.07) is 5.22. The first-order valence-corrected chi connectivity index (χ1v) is 8.47. The zero-order valence-electron chi connectivity index (χ0n) is 13.7. The van der Waals surface area contributed by atoms with Gasteiger partial charge in [0.1, 0.15) is 5.52 Å². The van der Waals surface area contributed by atoms with Gasteiger partial charge in [0, 0.05) is 24.3 Å². The molecule has 122 valence electrons. The Labute approximate surface area is 135 Å². The summed E-state index contributed by atoms with van der Waals surface area (Å²) in [5.41, 5.74) is 2.16. The summed E-state index contributed by atoms with van der Waals surface area (Å²) in [4.78, 5) is 15.3. The van der Waals surface area contributed by atoms with Crippen molar-refractivity contribution in [3.8, 4) is 0 Å². The number of amides is 1. The lowest BCUT2D eigenvalue weighted by Crippen LogP contribution is -2.55. The third-order valence-electron chi connectivity index (χ3n) is 5.50. The Bertz CT molecular complexity index is 726. The van der Waals surface area contributed by atoms with Gasteiger partial charge in [-0.1, -0.05) is 6.42 Å². The molecule has 2 unspecified atom stereocenters. The van der Waals surface area contributed by atoms with Gasteiger partial charge < -0.3 is 10.2 Å². The van der Waals surface area contributed by atoms with Crippen molar-refractivity contribution in [1.29, 1.82) is 0 Å². The number of hydrogen-bond donors (Lipinski definition) is 1. The molecule has 2 fully saturated rings. The Morgan fingerprint density at radius 3 is 2.78 bits per heavy atom. The maximum Gasteiger partial charge on any atom is 0.255 e. The number of rotatable bonds is 2. The first-order valence-electron chi connectivity index (χ1n) is 8.47. The predicted octanol–water partition coefficient (Wildman–Crippen LogP) is 1.78. The third kappa shape index (κ3) is 2.51. The SMILES string of the molecule is Cc1nn2ncccc2c1C(=O)NC1CC2CCCC(C1)N2C. The van der Waals surface area contributed by atoms with Crippen LogP contribution in [-0.4, -0.2) is 50.8 Å². The Hall–Kier alpha value is -1.95. The minimum Gasteiger partial charge on any atom is -0.349 e. The molecule has 23 heavy (non-hydrogen) atoms. The average Bonchev–Trinajstić information content (AvgIpc) is 2.84. The van der Waals surface area contributed by atoms with E-state index < -0.39 is 0 Å². The van der Waals surface area contributed by atoms with Gasteiger partial charge in [-0.2, -0.15) is 14.8 Å². The van der Waals surface area contributed by atoms with Crippen LogP contribution in [0.5, 0.6) is 0 Å². The second-order valence-electron chi connectivity index (χ2n) is 6.90. The highest BCUT2D eigenvalue weighted by Gasteiger charge is 2.36. The van der Waals surface area contributed by atoms with E-state index in [0.717, 1.165) is 24.1 Å².